The number of nitrogens with zero attached hydrogens (tertiary/aromatic N) is 3. The first kappa shape index (κ1) is 8.68. The van der Waals surface area contributed by atoms with Crippen LogP contribution >= 0.6 is 0 Å². The molecule has 1 aromatic heterocycles. The molecule has 1 heterocycles. The van der Waals surface area contributed by atoms with E-state index in [1.165, 1.54) is 17.1 Å². The molecule has 0 aliphatic carbocycles. The van der Waals surface area contributed by atoms with Gasteiger partial charge in [0.1, 0.15) is 12.4 Å². The maximum Gasteiger partial charge on any atom is 0.286 e. The molecule has 0 aliphatic rings. The standard InChI is InChI=1S/C9H10FN4/c10-9-4-2-1-3-8(9)5-14-7-13(11)6-12-14/h1-4,6-7H,5,11H2/q+1. The fraction of sp³-hybridized carbons (Fsp3) is 0.111. The minimum absolute atomic E-state index is 0.230. The van der Waals surface area contributed by atoms with Crippen molar-refractivity contribution in [3.05, 3.63) is 48.3 Å². The molecule has 0 atom stereocenters. The SMILES string of the molecule is N[n+]1cnn(Cc2ccccc2F)c1. The third-order valence-corrected chi connectivity index (χ3v) is 1.89. The Bertz CT molecular complexity index is 438. The van der Waals surface area contributed by atoms with Crippen molar-refractivity contribution >= 4 is 0 Å². The van der Waals surface area contributed by atoms with Crippen LogP contribution in [-0.4, -0.2) is 9.78 Å². The molecule has 2 rings (SSSR count). The number of aromatic nitrogens is 3. The first-order chi connectivity index (χ1) is 6.75. The molecule has 5 heteroatoms. The molecule has 2 aromatic rings. The molecule has 4 nitrogen and oxygen atoms in total. The molecular formula is C9H10FN4+. The molecule has 72 valence electrons. The van der Waals surface area contributed by atoms with E-state index in [1.54, 1.807) is 29.2 Å². The first-order valence-corrected chi connectivity index (χ1v) is 4.18. The summed E-state index contributed by atoms with van der Waals surface area (Å²) in [5, 5.41) is 3.94. The van der Waals surface area contributed by atoms with Gasteiger partial charge in [-0.2, -0.15) is 0 Å². The van der Waals surface area contributed by atoms with Crippen LogP contribution in [0.4, 0.5) is 4.39 Å². The number of rotatable bonds is 2. The van der Waals surface area contributed by atoms with Gasteiger partial charge < -0.3 is 0 Å². The topological polar surface area (TPSA) is 47.7 Å². The van der Waals surface area contributed by atoms with E-state index in [4.69, 9.17) is 5.84 Å². The third-order valence-electron chi connectivity index (χ3n) is 1.89. The van der Waals surface area contributed by atoms with E-state index in [0.29, 0.717) is 12.1 Å². The van der Waals surface area contributed by atoms with Crippen LogP contribution in [0.2, 0.25) is 0 Å². The van der Waals surface area contributed by atoms with E-state index in [2.05, 4.69) is 5.10 Å². The Morgan fingerprint density at radius 2 is 2.21 bits per heavy atom. The minimum atomic E-state index is -0.230. The molecule has 0 saturated carbocycles. The molecular weight excluding hydrogens is 183 g/mol. The van der Waals surface area contributed by atoms with E-state index in [0.717, 1.165) is 0 Å². The van der Waals surface area contributed by atoms with Gasteiger partial charge in [-0.25, -0.2) is 4.39 Å². The second-order valence-corrected chi connectivity index (χ2v) is 2.98. The predicted octanol–water partition coefficient (Wildman–Crippen LogP) is 0.0718. The molecule has 0 amide bonds. The zero-order valence-corrected chi connectivity index (χ0v) is 7.47. The van der Waals surface area contributed by atoms with Gasteiger partial charge in [0.05, 0.1) is 0 Å². The monoisotopic (exact) mass is 193 g/mol. The van der Waals surface area contributed by atoms with Crippen LogP contribution in [0.25, 0.3) is 0 Å². The fourth-order valence-corrected chi connectivity index (χ4v) is 1.22. The van der Waals surface area contributed by atoms with Gasteiger partial charge in [0.15, 0.2) is 0 Å². The van der Waals surface area contributed by atoms with Gasteiger partial charge in [-0.15, -0.1) is 9.36 Å². The number of hydrogen-bond acceptors (Lipinski definition) is 2. The van der Waals surface area contributed by atoms with Crippen molar-refractivity contribution in [2.24, 2.45) is 0 Å². The first-order valence-electron chi connectivity index (χ1n) is 4.18. The molecule has 0 aliphatic heterocycles. The molecule has 2 N–H and O–H groups in total. The molecule has 14 heavy (non-hydrogen) atoms. The fourth-order valence-electron chi connectivity index (χ4n) is 1.22. The smallest absolute Gasteiger partial charge is 0.286 e. The number of nitrogen functional groups attached to an aromatic ring is 1. The Labute approximate surface area is 80.4 Å². The van der Waals surface area contributed by atoms with Crippen LogP contribution in [0, 0.1) is 5.82 Å². The van der Waals surface area contributed by atoms with Crippen LogP contribution < -0.4 is 10.5 Å². The normalized spacial score (nSPS) is 10.4. The number of hydrogen-bond donors (Lipinski definition) is 1. The van der Waals surface area contributed by atoms with Crippen LogP contribution in [-0.2, 0) is 6.54 Å². The second-order valence-electron chi connectivity index (χ2n) is 2.98. The molecule has 0 saturated heterocycles. The van der Waals surface area contributed by atoms with Gasteiger partial charge in [0.2, 0.25) is 6.33 Å². The van der Waals surface area contributed by atoms with Crippen LogP contribution in [0.3, 0.4) is 0 Å². The van der Waals surface area contributed by atoms with Crippen LogP contribution in [0.15, 0.2) is 36.9 Å². The highest BCUT2D eigenvalue weighted by molar-refractivity contribution is 5.17. The van der Waals surface area contributed by atoms with Crippen molar-refractivity contribution < 1.29 is 9.07 Å². The number of halogens is 1. The minimum Gasteiger partial charge on any atom is -0.289 e. The molecule has 1 aromatic carbocycles. The van der Waals surface area contributed by atoms with Gasteiger partial charge in [0.25, 0.3) is 6.33 Å². The predicted molar refractivity (Wildman–Crippen MR) is 48.1 cm³/mol. The quantitative estimate of drug-likeness (QED) is 0.542. The van der Waals surface area contributed by atoms with Crippen LogP contribution in [0.1, 0.15) is 5.56 Å². The van der Waals surface area contributed by atoms with Gasteiger partial charge in [-0.1, -0.05) is 18.2 Å². The van der Waals surface area contributed by atoms with Gasteiger partial charge in [-0.3, -0.25) is 5.84 Å². The van der Waals surface area contributed by atoms with Crippen molar-refractivity contribution in [2.45, 2.75) is 6.54 Å². The second kappa shape index (κ2) is 3.45. The molecule has 0 unspecified atom stereocenters. The summed E-state index contributed by atoms with van der Waals surface area (Å²) in [6, 6.07) is 6.59. The lowest BCUT2D eigenvalue weighted by atomic mass is 10.2. The molecule has 0 radical (unpaired) electrons. The molecule has 0 bridgehead atoms. The van der Waals surface area contributed by atoms with E-state index < -0.39 is 0 Å². The average molecular weight is 193 g/mol. The van der Waals surface area contributed by atoms with Crippen molar-refractivity contribution in [2.75, 3.05) is 5.84 Å². The van der Waals surface area contributed by atoms with Crippen molar-refractivity contribution in [1.82, 2.24) is 9.78 Å². The van der Waals surface area contributed by atoms with E-state index >= 15 is 0 Å². The average Bonchev–Trinajstić information content (AvgIpc) is 2.56. The highest BCUT2D eigenvalue weighted by atomic mass is 19.1. The van der Waals surface area contributed by atoms with Crippen LogP contribution in [0.5, 0.6) is 0 Å². The summed E-state index contributed by atoms with van der Waals surface area (Å²) < 4.78 is 16.1. The van der Waals surface area contributed by atoms with Gasteiger partial charge in [0, 0.05) is 10.7 Å². The Kier molecular flexibility index (Phi) is 2.14. The molecule has 0 spiro atoms. The highest BCUT2D eigenvalue weighted by Crippen LogP contribution is 2.06. The maximum absolute atomic E-state index is 13.2. The Morgan fingerprint density at radius 1 is 1.43 bits per heavy atom. The lowest BCUT2D eigenvalue weighted by Crippen LogP contribution is -2.42. The van der Waals surface area contributed by atoms with E-state index in [1.807, 2.05) is 0 Å². The Hall–Kier alpha value is -1.91. The summed E-state index contributed by atoms with van der Waals surface area (Å²) in [5.74, 6) is 5.18. The summed E-state index contributed by atoms with van der Waals surface area (Å²) in [6.45, 7) is 0.386. The van der Waals surface area contributed by atoms with Crippen molar-refractivity contribution in [1.29, 1.82) is 0 Å². The molecule has 0 fully saturated rings. The van der Waals surface area contributed by atoms with E-state index in [-0.39, 0.29) is 5.82 Å². The van der Waals surface area contributed by atoms with E-state index in [9.17, 15) is 4.39 Å². The lowest BCUT2D eigenvalue weighted by molar-refractivity contribution is -0.639. The highest BCUT2D eigenvalue weighted by Gasteiger charge is 2.07. The van der Waals surface area contributed by atoms with Gasteiger partial charge in [-0.05, 0) is 6.07 Å². The Morgan fingerprint density at radius 3 is 2.86 bits per heavy atom. The summed E-state index contributed by atoms with van der Waals surface area (Å²) >= 11 is 0. The number of nitrogens with two attached hydrogens (primary N) is 1. The lowest BCUT2D eigenvalue weighted by Gasteiger charge is -1.96. The summed E-state index contributed by atoms with van der Waals surface area (Å²) in [7, 11) is 0. The zero-order chi connectivity index (χ0) is 9.97. The van der Waals surface area contributed by atoms with Gasteiger partial charge >= 0.3 is 0 Å². The Balaban J connectivity index is 2.23. The summed E-state index contributed by atoms with van der Waals surface area (Å²) in [5.41, 5.74) is 0.594. The maximum atomic E-state index is 13.2. The summed E-state index contributed by atoms with van der Waals surface area (Å²) in [4.78, 5) is 0. The van der Waals surface area contributed by atoms with Crippen molar-refractivity contribution in [3.8, 4) is 0 Å². The largest absolute Gasteiger partial charge is 0.289 e. The zero-order valence-electron chi connectivity index (χ0n) is 7.47. The number of benzene rings is 1. The third kappa shape index (κ3) is 1.71. The van der Waals surface area contributed by atoms with Crippen molar-refractivity contribution in [3.63, 3.8) is 0 Å². The summed E-state index contributed by atoms with van der Waals surface area (Å²) in [6.07, 6.45) is 3.05.